The molecule has 3 rings (SSSR count). The molecule has 23 heavy (non-hydrogen) atoms. The van der Waals surface area contributed by atoms with Crippen LogP contribution in [0, 0.1) is 0 Å². The van der Waals surface area contributed by atoms with Gasteiger partial charge in [0, 0.05) is 6.42 Å². The summed E-state index contributed by atoms with van der Waals surface area (Å²) in [6.45, 7) is 4.74. The van der Waals surface area contributed by atoms with E-state index >= 15 is 0 Å². The largest absolute Gasteiger partial charge is 1.00 e. The maximum Gasteiger partial charge on any atom is 0.324 e. The first-order chi connectivity index (χ1) is 10.9. The molecule has 1 aliphatic heterocycles. The number of halogens is 1. The van der Waals surface area contributed by atoms with Crippen molar-refractivity contribution in [2.45, 2.75) is 57.4 Å². The minimum atomic E-state index is 0. The van der Waals surface area contributed by atoms with Crippen LogP contribution in [0.2, 0.25) is 0 Å². The molecule has 0 aromatic heterocycles. The highest BCUT2D eigenvalue weighted by molar-refractivity contribution is 5.41. The normalized spacial score (nSPS) is 20.7. The third-order valence-corrected chi connectivity index (χ3v) is 4.88. The average Bonchev–Trinajstić information content (AvgIpc) is 3.23. The monoisotopic (exact) mass is 337 g/mol. The highest BCUT2D eigenvalue weighted by atomic mass is 35.5. The highest BCUT2D eigenvalue weighted by Crippen LogP contribution is 2.38. The van der Waals surface area contributed by atoms with Gasteiger partial charge in [-0.3, -0.25) is 0 Å². The molecular formula is C19H28ClNO2. The van der Waals surface area contributed by atoms with Gasteiger partial charge in [0.25, 0.3) is 0 Å². The Morgan fingerprint density at radius 2 is 2.00 bits per heavy atom. The van der Waals surface area contributed by atoms with Crippen LogP contribution in [0.15, 0.2) is 24.3 Å². The van der Waals surface area contributed by atoms with Crippen LogP contribution in [-0.4, -0.2) is 36.8 Å². The summed E-state index contributed by atoms with van der Waals surface area (Å²) in [4.78, 5) is 0. The Balaban J connectivity index is 0.00000192. The molecule has 1 saturated carbocycles. The Kier molecular flexibility index (Phi) is 7.22. The van der Waals surface area contributed by atoms with E-state index in [1.165, 1.54) is 44.1 Å². The minimum absolute atomic E-state index is 0. The van der Waals surface area contributed by atoms with Gasteiger partial charge in [0.15, 0.2) is 13.2 Å². The maximum atomic E-state index is 6.20. The molecule has 1 heterocycles. The first kappa shape index (κ1) is 18.1. The Hall–Kier alpha value is -1.22. The van der Waals surface area contributed by atoms with Gasteiger partial charge in [0.2, 0.25) is 6.04 Å². The van der Waals surface area contributed by atoms with Crippen LogP contribution < -0.4 is 17.1 Å². The number of hydrogen-bond acceptors (Lipinski definition) is 2. The molecule has 0 spiro atoms. The fourth-order valence-electron chi connectivity index (χ4n) is 3.52. The lowest BCUT2D eigenvalue weighted by atomic mass is 9.97. The van der Waals surface area contributed by atoms with Gasteiger partial charge in [0.05, 0.1) is 0 Å². The number of unbranched alkanes of at least 4 members (excludes halogenated alkanes) is 1. The molecule has 0 amide bonds. The Morgan fingerprint density at radius 1 is 1.22 bits per heavy atom. The van der Waals surface area contributed by atoms with E-state index in [1.54, 1.807) is 0 Å². The van der Waals surface area contributed by atoms with Crippen molar-refractivity contribution in [1.29, 1.82) is 0 Å². The molecule has 0 bridgehead atoms. The SMILES string of the molecule is CCCC[N+]1=COCC1COc1ccccc1C1CCCC1.[Cl-]. The van der Waals surface area contributed by atoms with Crippen molar-refractivity contribution >= 4 is 6.40 Å². The van der Waals surface area contributed by atoms with E-state index in [0.29, 0.717) is 18.6 Å². The van der Waals surface area contributed by atoms with E-state index < -0.39 is 0 Å². The molecule has 0 radical (unpaired) electrons. The Bertz CT molecular complexity index is 512. The highest BCUT2D eigenvalue weighted by Gasteiger charge is 2.28. The van der Waals surface area contributed by atoms with Crippen molar-refractivity contribution in [3.63, 3.8) is 0 Å². The van der Waals surface area contributed by atoms with Crippen molar-refractivity contribution in [2.24, 2.45) is 0 Å². The van der Waals surface area contributed by atoms with Crippen LogP contribution in [-0.2, 0) is 4.74 Å². The maximum absolute atomic E-state index is 6.20. The lowest BCUT2D eigenvalue weighted by Gasteiger charge is -2.17. The molecule has 0 saturated heterocycles. The number of nitrogens with zero attached hydrogens (tertiary/aromatic N) is 1. The summed E-state index contributed by atoms with van der Waals surface area (Å²) in [5.41, 5.74) is 1.41. The summed E-state index contributed by atoms with van der Waals surface area (Å²) in [7, 11) is 0. The molecule has 1 aliphatic carbocycles. The fourth-order valence-corrected chi connectivity index (χ4v) is 3.52. The first-order valence-corrected chi connectivity index (χ1v) is 8.81. The molecule has 1 fully saturated rings. The number of rotatable bonds is 7. The summed E-state index contributed by atoms with van der Waals surface area (Å²) in [6.07, 6.45) is 9.63. The van der Waals surface area contributed by atoms with Crippen LogP contribution in [0.25, 0.3) is 0 Å². The molecular weight excluding hydrogens is 310 g/mol. The summed E-state index contributed by atoms with van der Waals surface area (Å²) in [5, 5.41) is 0. The van der Waals surface area contributed by atoms with E-state index in [-0.39, 0.29) is 12.4 Å². The van der Waals surface area contributed by atoms with Crippen molar-refractivity contribution < 1.29 is 26.5 Å². The van der Waals surface area contributed by atoms with Gasteiger partial charge in [-0.15, -0.1) is 0 Å². The molecule has 1 atom stereocenters. The number of benzene rings is 1. The molecule has 1 aromatic rings. The Labute approximate surface area is 146 Å². The van der Waals surface area contributed by atoms with Crippen molar-refractivity contribution in [3.8, 4) is 5.75 Å². The first-order valence-electron chi connectivity index (χ1n) is 8.81. The van der Waals surface area contributed by atoms with Crippen LogP contribution >= 0.6 is 0 Å². The molecule has 128 valence electrons. The number of hydrogen-bond donors (Lipinski definition) is 0. The standard InChI is InChI=1S/C19H28NO2.ClH/c1-2-3-12-20-15-21-13-17(20)14-22-19-11-7-6-10-18(19)16-8-4-5-9-16;/h6-7,10-11,15-17H,2-5,8-9,12-14H2,1H3;1H/q+1;/p-1. The quantitative estimate of drug-likeness (QED) is 0.691. The zero-order valence-corrected chi connectivity index (χ0v) is 14.8. The lowest BCUT2D eigenvalue weighted by molar-refractivity contribution is -0.554. The van der Waals surface area contributed by atoms with Crippen molar-refractivity contribution in [3.05, 3.63) is 29.8 Å². The summed E-state index contributed by atoms with van der Waals surface area (Å²) in [5.74, 6) is 1.77. The van der Waals surface area contributed by atoms with Crippen molar-refractivity contribution in [1.82, 2.24) is 0 Å². The van der Waals surface area contributed by atoms with E-state index in [2.05, 4.69) is 35.8 Å². The van der Waals surface area contributed by atoms with Crippen LogP contribution in [0.3, 0.4) is 0 Å². The zero-order chi connectivity index (χ0) is 15.2. The average molecular weight is 338 g/mol. The van der Waals surface area contributed by atoms with E-state index in [9.17, 15) is 0 Å². The van der Waals surface area contributed by atoms with Gasteiger partial charge in [-0.2, -0.15) is 4.58 Å². The molecule has 4 heteroatoms. The number of ether oxygens (including phenoxy) is 2. The second kappa shape index (κ2) is 9.17. The van der Waals surface area contributed by atoms with Gasteiger partial charge >= 0.3 is 6.40 Å². The third-order valence-electron chi connectivity index (χ3n) is 4.88. The number of para-hydroxylation sites is 1. The summed E-state index contributed by atoms with van der Waals surface area (Å²) < 4.78 is 14.0. The summed E-state index contributed by atoms with van der Waals surface area (Å²) in [6, 6.07) is 8.95. The summed E-state index contributed by atoms with van der Waals surface area (Å²) >= 11 is 0. The smallest absolute Gasteiger partial charge is 0.324 e. The van der Waals surface area contributed by atoms with Gasteiger partial charge in [-0.25, -0.2) is 0 Å². The lowest BCUT2D eigenvalue weighted by Crippen LogP contribution is -3.00. The van der Waals surface area contributed by atoms with Crippen LogP contribution in [0.1, 0.15) is 56.9 Å². The minimum Gasteiger partial charge on any atom is -1.00 e. The van der Waals surface area contributed by atoms with Crippen LogP contribution in [0.4, 0.5) is 0 Å². The molecule has 1 unspecified atom stereocenters. The molecule has 0 N–H and O–H groups in total. The molecule has 2 aliphatic rings. The van der Waals surface area contributed by atoms with Crippen LogP contribution in [0.5, 0.6) is 5.75 Å². The zero-order valence-electron chi connectivity index (χ0n) is 14.0. The van der Waals surface area contributed by atoms with E-state index in [1.807, 2.05) is 6.40 Å². The molecule has 3 nitrogen and oxygen atoms in total. The molecule has 1 aromatic carbocycles. The second-order valence-corrected chi connectivity index (χ2v) is 6.51. The predicted octanol–water partition coefficient (Wildman–Crippen LogP) is 0.967. The Morgan fingerprint density at radius 3 is 2.78 bits per heavy atom. The van der Waals surface area contributed by atoms with E-state index in [4.69, 9.17) is 9.47 Å². The second-order valence-electron chi connectivity index (χ2n) is 6.51. The van der Waals surface area contributed by atoms with Crippen molar-refractivity contribution in [2.75, 3.05) is 19.8 Å². The third kappa shape index (κ3) is 4.63. The van der Waals surface area contributed by atoms with Gasteiger partial charge in [-0.1, -0.05) is 44.4 Å². The van der Waals surface area contributed by atoms with Gasteiger partial charge in [0.1, 0.15) is 12.3 Å². The van der Waals surface area contributed by atoms with Gasteiger partial charge in [-0.05, 0) is 30.4 Å². The fraction of sp³-hybridized carbons (Fsp3) is 0.632. The van der Waals surface area contributed by atoms with Gasteiger partial charge < -0.3 is 21.9 Å². The van der Waals surface area contributed by atoms with E-state index in [0.717, 1.165) is 18.9 Å². The topological polar surface area (TPSA) is 21.5 Å². The predicted molar refractivity (Wildman–Crippen MR) is 89.0 cm³/mol.